The van der Waals surface area contributed by atoms with Crippen molar-refractivity contribution in [3.8, 4) is 0 Å². The van der Waals surface area contributed by atoms with E-state index in [4.69, 9.17) is 0 Å². The third-order valence-electron chi connectivity index (χ3n) is 4.22. The predicted octanol–water partition coefficient (Wildman–Crippen LogP) is 2.56. The molecule has 1 fully saturated rings. The van der Waals surface area contributed by atoms with Gasteiger partial charge in [0.15, 0.2) is 0 Å². The van der Waals surface area contributed by atoms with E-state index in [1.165, 1.54) is 44.9 Å². The third kappa shape index (κ3) is 7.15. The molecule has 17 heavy (non-hydrogen) atoms. The average molecular weight is 238 g/mol. The summed E-state index contributed by atoms with van der Waals surface area (Å²) in [6.07, 6.45) is 13.6. The quantitative estimate of drug-likeness (QED) is 0.689. The molecule has 1 aliphatic carbocycles. The molecule has 4 heteroatoms. The van der Waals surface area contributed by atoms with E-state index in [0.717, 1.165) is 31.5 Å². The fraction of sp³-hybridized carbons (Fsp3) is 1.00. The summed E-state index contributed by atoms with van der Waals surface area (Å²) < 4.78 is 0. The van der Waals surface area contributed by atoms with Crippen molar-refractivity contribution in [1.29, 1.82) is 0 Å². The molecule has 0 amide bonds. The van der Waals surface area contributed by atoms with Crippen molar-refractivity contribution in [2.75, 3.05) is 0 Å². The second-order valence-electron chi connectivity index (χ2n) is 5.91. The Bertz CT molecular complexity index is 188. The maximum absolute atomic E-state index is 9.36. The van der Waals surface area contributed by atoms with Gasteiger partial charge in [-0.2, -0.15) is 0 Å². The maximum Gasteiger partial charge on any atom is 0.454 e. The second-order valence-corrected chi connectivity index (χ2v) is 5.91. The van der Waals surface area contributed by atoms with Crippen LogP contribution in [0.15, 0.2) is 0 Å². The molecule has 0 saturated heterocycles. The fourth-order valence-corrected chi connectivity index (χ4v) is 2.92. The first-order valence-corrected chi connectivity index (χ1v) is 7.56. The summed E-state index contributed by atoms with van der Waals surface area (Å²) in [5.41, 5.74) is 0. The molecule has 2 unspecified atom stereocenters. The van der Waals surface area contributed by atoms with Gasteiger partial charge in [0, 0.05) is 0 Å². The highest BCUT2D eigenvalue weighted by atomic mass is 16.4. The first-order valence-electron chi connectivity index (χ1n) is 7.56. The SMILES string of the molecule is BC1CCCCCCCCC(B(O)O)CCC1. The van der Waals surface area contributed by atoms with Crippen molar-refractivity contribution in [2.45, 2.75) is 82.3 Å². The van der Waals surface area contributed by atoms with Crippen molar-refractivity contribution in [2.24, 2.45) is 0 Å². The number of hydrogen-bond acceptors (Lipinski definition) is 2. The highest BCUT2D eigenvalue weighted by Crippen LogP contribution is 2.28. The van der Waals surface area contributed by atoms with E-state index < -0.39 is 7.12 Å². The summed E-state index contributed by atoms with van der Waals surface area (Å²) in [5, 5.41) is 18.7. The fourth-order valence-electron chi connectivity index (χ4n) is 2.92. The molecule has 0 bridgehead atoms. The minimum Gasteiger partial charge on any atom is -0.427 e. The zero-order chi connectivity index (χ0) is 12.5. The lowest BCUT2D eigenvalue weighted by molar-refractivity contribution is 0.365. The van der Waals surface area contributed by atoms with Crippen LogP contribution in [0, 0.1) is 0 Å². The van der Waals surface area contributed by atoms with Crippen LogP contribution in [0.2, 0.25) is 11.6 Å². The Balaban J connectivity index is 2.35. The molecule has 0 heterocycles. The van der Waals surface area contributed by atoms with Crippen molar-refractivity contribution in [3.05, 3.63) is 0 Å². The lowest BCUT2D eigenvalue weighted by Gasteiger charge is -2.16. The zero-order valence-corrected chi connectivity index (χ0v) is 11.4. The normalized spacial score (nSPS) is 29.8. The van der Waals surface area contributed by atoms with E-state index in [0.29, 0.717) is 0 Å². The van der Waals surface area contributed by atoms with Crippen molar-refractivity contribution < 1.29 is 10.0 Å². The summed E-state index contributed by atoms with van der Waals surface area (Å²) in [6.45, 7) is 0. The van der Waals surface area contributed by atoms with E-state index in [9.17, 15) is 10.0 Å². The Labute approximate surface area is 108 Å². The highest BCUT2D eigenvalue weighted by Gasteiger charge is 2.22. The maximum atomic E-state index is 9.36. The molecule has 0 aliphatic heterocycles. The molecule has 1 saturated carbocycles. The van der Waals surface area contributed by atoms with E-state index in [-0.39, 0.29) is 5.82 Å². The smallest absolute Gasteiger partial charge is 0.427 e. The molecule has 1 aliphatic rings. The van der Waals surface area contributed by atoms with Crippen LogP contribution in [0.3, 0.4) is 0 Å². The van der Waals surface area contributed by atoms with Gasteiger partial charge in [-0.15, -0.1) is 0 Å². The molecule has 0 spiro atoms. The Morgan fingerprint density at radius 1 is 0.706 bits per heavy atom. The van der Waals surface area contributed by atoms with Gasteiger partial charge < -0.3 is 10.0 Å². The summed E-state index contributed by atoms with van der Waals surface area (Å²) in [5.74, 6) is 0.926. The van der Waals surface area contributed by atoms with Crippen LogP contribution >= 0.6 is 0 Å². The average Bonchev–Trinajstić information content (AvgIpc) is 2.30. The van der Waals surface area contributed by atoms with E-state index >= 15 is 0 Å². The molecule has 2 N–H and O–H groups in total. The van der Waals surface area contributed by atoms with E-state index in [1.807, 2.05) is 0 Å². The lowest BCUT2D eigenvalue weighted by atomic mass is 9.67. The van der Waals surface area contributed by atoms with Crippen LogP contribution in [0.5, 0.6) is 0 Å². The van der Waals surface area contributed by atoms with Crippen LogP contribution in [-0.2, 0) is 0 Å². The molecule has 0 aromatic heterocycles. The molecule has 98 valence electrons. The van der Waals surface area contributed by atoms with Gasteiger partial charge in [-0.05, 0) is 5.82 Å². The number of hydrogen-bond donors (Lipinski definition) is 2. The third-order valence-corrected chi connectivity index (χ3v) is 4.22. The summed E-state index contributed by atoms with van der Waals surface area (Å²) >= 11 is 0. The van der Waals surface area contributed by atoms with Crippen molar-refractivity contribution in [1.82, 2.24) is 0 Å². The van der Waals surface area contributed by atoms with Gasteiger partial charge >= 0.3 is 7.12 Å². The van der Waals surface area contributed by atoms with Gasteiger partial charge in [-0.25, -0.2) is 0 Å². The highest BCUT2D eigenvalue weighted by molar-refractivity contribution is 6.43. The lowest BCUT2D eigenvalue weighted by Crippen LogP contribution is -2.20. The molecular weight excluding hydrogens is 210 g/mol. The number of rotatable bonds is 1. The van der Waals surface area contributed by atoms with Crippen LogP contribution in [0.25, 0.3) is 0 Å². The summed E-state index contributed by atoms with van der Waals surface area (Å²) in [7, 11) is 1.24. The van der Waals surface area contributed by atoms with Gasteiger partial charge in [0.1, 0.15) is 7.85 Å². The second kappa shape index (κ2) is 9.04. The van der Waals surface area contributed by atoms with Gasteiger partial charge in [-0.1, -0.05) is 76.4 Å². The van der Waals surface area contributed by atoms with Crippen molar-refractivity contribution >= 4 is 15.0 Å². The van der Waals surface area contributed by atoms with Crippen molar-refractivity contribution in [3.63, 3.8) is 0 Å². The molecule has 0 aromatic carbocycles. The van der Waals surface area contributed by atoms with E-state index in [1.54, 1.807) is 0 Å². The summed E-state index contributed by atoms with van der Waals surface area (Å²) in [6, 6.07) is 0. The predicted molar refractivity (Wildman–Crippen MR) is 77.0 cm³/mol. The van der Waals surface area contributed by atoms with Gasteiger partial charge in [0.2, 0.25) is 0 Å². The van der Waals surface area contributed by atoms with E-state index in [2.05, 4.69) is 7.85 Å². The molecule has 0 radical (unpaired) electrons. The molecule has 0 aromatic rings. The molecule has 2 atom stereocenters. The molecule has 1 rings (SSSR count). The Morgan fingerprint density at radius 3 is 1.82 bits per heavy atom. The molecule has 2 nitrogen and oxygen atoms in total. The minimum absolute atomic E-state index is 0.114. The monoisotopic (exact) mass is 238 g/mol. The van der Waals surface area contributed by atoms with Gasteiger partial charge in [0.25, 0.3) is 0 Å². The summed E-state index contributed by atoms with van der Waals surface area (Å²) in [4.78, 5) is 0. The first-order chi connectivity index (χ1) is 8.20. The Kier molecular flexibility index (Phi) is 8.04. The van der Waals surface area contributed by atoms with Gasteiger partial charge in [-0.3, -0.25) is 0 Å². The standard InChI is InChI=1S/C13H28B2O2/c14-12-8-5-3-1-2-4-6-10-13(15(16)17)11-7-9-12/h12-13,16-17H,1-11,14H2. The van der Waals surface area contributed by atoms with Crippen LogP contribution < -0.4 is 0 Å². The topological polar surface area (TPSA) is 40.5 Å². The first kappa shape index (κ1) is 15.1. The minimum atomic E-state index is -1.10. The zero-order valence-electron chi connectivity index (χ0n) is 11.4. The largest absolute Gasteiger partial charge is 0.454 e. The van der Waals surface area contributed by atoms with Crippen LogP contribution in [0.4, 0.5) is 0 Å². The van der Waals surface area contributed by atoms with Crippen LogP contribution in [0.1, 0.15) is 70.6 Å². The Morgan fingerprint density at radius 2 is 1.18 bits per heavy atom. The van der Waals surface area contributed by atoms with Crippen LogP contribution in [-0.4, -0.2) is 25.0 Å². The van der Waals surface area contributed by atoms with Gasteiger partial charge in [0.05, 0.1) is 0 Å². The Hall–Kier alpha value is 0.0499. The molecular formula is C13H28B2O2.